The molecule has 24 heavy (non-hydrogen) atoms. The Morgan fingerprint density at radius 2 is 2.21 bits per heavy atom. The number of hydrogen-bond donors (Lipinski definition) is 1. The molecule has 0 bridgehead atoms. The van der Waals surface area contributed by atoms with E-state index in [0.717, 1.165) is 25.0 Å². The fourth-order valence-corrected chi connectivity index (χ4v) is 3.10. The molecule has 1 aromatic carbocycles. The number of allylic oxidation sites excluding steroid dienone is 2. The molecule has 1 aliphatic carbocycles. The number of furan rings is 1. The predicted octanol–water partition coefficient (Wildman–Crippen LogP) is 5.32. The van der Waals surface area contributed by atoms with Crippen LogP contribution in [0.3, 0.4) is 0 Å². The monoisotopic (exact) mass is 344 g/mol. The van der Waals surface area contributed by atoms with Gasteiger partial charge in [0.25, 0.3) is 0 Å². The number of hydrogen-bond acceptors (Lipinski definition) is 2. The molecule has 1 N–H and O–H groups in total. The van der Waals surface area contributed by atoms with Gasteiger partial charge in [0.05, 0.1) is 12.8 Å². The first-order valence-electron chi connectivity index (χ1n) is 8.19. The van der Waals surface area contributed by atoms with E-state index in [2.05, 4.69) is 17.5 Å². The van der Waals surface area contributed by atoms with Crippen LogP contribution in [-0.4, -0.2) is 17.5 Å². The molecule has 2 amide bonds. The highest BCUT2D eigenvalue weighted by Crippen LogP contribution is 2.22. The van der Waals surface area contributed by atoms with Gasteiger partial charge in [0.2, 0.25) is 0 Å². The summed E-state index contributed by atoms with van der Waals surface area (Å²) in [4.78, 5) is 14.5. The molecule has 0 aliphatic heterocycles. The molecule has 0 spiro atoms. The number of carbonyl (C=O) groups excluding carboxylic acids is 1. The number of urea groups is 1. The quantitative estimate of drug-likeness (QED) is 0.746. The Morgan fingerprint density at radius 1 is 1.29 bits per heavy atom. The van der Waals surface area contributed by atoms with Crippen molar-refractivity contribution in [3.63, 3.8) is 0 Å². The van der Waals surface area contributed by atoms with Crippen molar-refractivity contribution in [2.24, 2.45) is 5.92 Å². The van der Waals surface area contributed by atoms with Crippen molar-refractivity contribution in [2.45, 2.75) is 25.8 Å². The number of anilines is 1. The molecule has 1 atom stereocenters. The molecule has 1 heterocycles. The summed E-state index contributed by atoms with van der Waals surface area (Å²) in [6, 6.07) is 10.8. The van der Waals surface area contributed by atoms with Crippen molar-refractivity contribution in [2.75, 3.05) is 11.9 Å². The van der Waals surface area contributed by atoms with Crippen LogP contribution >= 0.6 is 11.6 Å². The van der Waals surface area contributed by atoms with Crippen LogP contribution in [0.15, 0.2) is 59.2 Å². The summed E-state index contributed by atoms with van der Waals surface area (Å²) in [5.74, 6) is 1.26. The molecule has 1 aliphatic rings. The number of carbonyl (C=O) groups is 1. The zero-order valence-corrected chi connectivity index (χ0v) is 14.2. The number of halogens is 1. The highest BCUT2D eigenvalue weighted by atomic mass is 35.5. The maximum atomic E-state index is 12.7. The molecule has 0 saturated heterocycles. The molecule has 0 unspecified atom stereocenters. The van der Waals surface area contributed by atoms with Crippen molar-refractivity contribution in [3.05, 3.63) is 65.6 Å². The molecule has 0 fully saturated rings. The first kappa shape index (κ1) is 16.7. The third kappa shape index (κ3) is 4.65. The Morgan fingerprint density at radius 3 is 2.92 bits per heavy atom. The average molecular weight is 345 g/mol. The number of amides is 2. The second kappa shape index (κ2) is 8.06. The lowest BCUT2D eigenvalue weighted by atomic mass is 9.94. The predicted molar refractivity (Wildman–Crippen MR) is 96.1 cm³/mol. The van der Waals surface area contributed by atoms with Crippen LogP contribution in [0.5, 0.6) is 0 Å². The minimum Gasteiger partial charge on any atom is -0.467 e. The lowest BCUT2D eigenvalue weighted by Gasteiger charge is -2.28. The molecule has 4 nitrogen and oxygen atoms in total. The minimum atomic E-state index is -0.136. The van der Waals surface area contributed by atoms with E-state index >= 15 is 0 Å². The van der Waals surface area contributed by atoms with Gasteiger partial charge in [-0.05, 0) is 55.5 Å². The SMILES string of the molecule is O=C(Nc1cccc(Cl)c1)N(Cc1ccco1)C[C@H]1CC=CCC1. The second-order valence-electron chi connectivity index (χ2n) is 6.05. The minimum absolute atomic E-state index is 0.136. The van der Waals surface area contributed by atoms with E-state index in [0.29, 0.717) is 29.7 Å². The second-order valence-corrected chi connectivity index (χ2v) is 6.49. The average Bonchev–Trinajstić information content (AvgIpc) is 3.08. The lowest BCUT2D eigenvalue weighted by molar-refractivity contribution is 0.189. The van der Waals surface area contributed by atoms with E-state index in [-0.39, 0.29) is 6.03 Å². The highest BCUT2D eigenvalue weighted by Gasteiger charge is 2.21. The maximum absolute atomic E-state index is 12.7. The molecule has 1 aromatic heterocycles. The van der Waals surface area contributed by atoms with E-state index in [9.17, 15) is 4.79 Å². The summed E-state index contributed by atoms with van der Waals surface area (Å²) in [5, 5.41) is 3.53. The molecular weight excluding hydrogens is 324 g/mol. The van der Waals surface area contributed by atoms with Crippen molar-refractivity contribution in [1.82, 2.24) is 4.90 Å². The summed E-state index contributed by atoms with van der Waals surface area (Å²) >= 11 is 5.99. The zero-order valence-electron chi connectivity index (χ0n) is 13.5. The molecule has 0 radical (unpaired) electrons. The summed E-state index contributed by atoms with van der Waals surface area (Å²) < 4.78 is 5.42. The number of benzene rings is 1. The molecule has 126 valence electrons. The van der Waals surface area contributed by atoms with E-state index in [1.165, 1.54) is 0 Å². The van der Waals surface area contributed by atoms with Gasteiger partial charge in [-0.1, -0.05) is 29.8 Å². The van der Waals surface area contributed by atoms with Crippen molar-refractivity contribution in [3.8, 4) is 0 Å². The Kier molecular flexibility index (Phi) is 5.59. The summed E-state index contributed by atoms with van der Waals surface area (Å²) in [6.45, 7) is 1.16. The van der Waals surface area contributed by atoms with E-state index in [1.807, 2.05) is 29.2 Å². The van der Waals surface area contributed by atoms with Gasteiger partial charge >= 0.3 is 6.03 Å². The first-order chi connectivity index (χ1) is 11.7. The van der Waals surface area contributed by atoms with Crippen LogP contribution < -0.4 is 5.32 Å². The summed E-state index contributed by atoms with van der Waals surface area (Å²) in [6.07, 6.45) is 9.24. The van der Waals surface area contributed by atoms with Crippen LogP contribution in [0, 0.1) is 5.92 Å². The zero-order chi connectivity index (χ0) is 16.8. The van der Waals surface area contributed by atoms with Crippen molar-refractivity contribution in [1.29, 1.82) is 0 Å². The lowest BCUT2D eigenvalue weighted by Crippen LogP contribution is -2.38. The van der Waals surface area contributed by atoms with Gasteiger partial charge in [0, 0.05) is 17.3 Å². The largest absolute Gasteiger partial charge is 0.467 e. The van der Waals surface area contributed by atoms with Gasteiger partial charge in [0.1, 0.15) is 5.76 Å². The van der Waals surface area contributed by atoms with Crippen LogP contribution in [0.4, 0.5) is 10.5 Å². The number of rotatable bonds is 5. The van der Waals surface area contributed by atoms with Gasteiger partial charge in [-0.2, -0.15) is 0 Å². The van der Waals surface area contributed by atoms with Crippen LogP contribution in [0.2, 0.25) is 5.02 Å². The smallest absolute Gasteiger partial charge is 0.322 e. The molecule has 0 saturated carbocycles. The van der Waals surface area contributed by atoms with Crippen LogP contribution in [0.1, 0.15) is 25.0 Å². The fourth-order valence-electron chi connectivity index (χ4n) is 2.91. The Labute approximate surface area is 147 Å². The van der Waals surface area contributed by atoms with E-state index in [4.69, 9.17) is 16.0 Å². The maximum Gasteiger partial charge on any atom is 0.322 e. The third-order valence-electron chi connectivity index (χ3n) is 4.15. The number of nitrogens with zero attached hydrogens (tertiary/aromatic N) is 1. The Balaban J connectivity index is 1.69. The van der Waals surface area contributed by atoms with Gasteiger partial charge in [-0.3, -0.25) is 0 Å². The van der Waals surface area contributed by atoms with Crippen molar-refractivity contribution < 1.29 is 9.21 Å². The van der Waals surface area contributed by atoms with Crippen LogP contribution in [-0.2, 0) is 6.54 Å². The summed E-state index contributed by atoms with van der Waals surface area (Å²) in [5.41, 5.74) is 0.695. The van der Waals surface area contributed by atoms with E-state index < -0.39 is 0 Å². The normalized spacial score (nSPS) is 16.8. The molecule has 3 rings (SSSR count). The standard InChI is InChI=1S/C19H21ClN2O2/c20-16-8-4-9-17(12-16)21-19(23)22(14-18-10-5-11-24-18)13-15-6-2-1-3-7-15/h1-2,4-5,8-12,15H,3,6-7,13-14H2,(H,21,23)/t15-/m0/s1. The van der Waals surface area contributed by atoms with Gasteiger partial charge in [0.15, 0.2) is 0 Å². The molecular formula is C19H21ClN2O2. The summed E-state index contributed by atoms with van der Waals surface area (Å²) in [7, 11) is 0. The topological polar surface area (TPSA) is 45.5 Å². The van der Waals surface area contributed by atoms with Crippen molar-refractivity contribution >= 4 is 23.3 Å². The third-order valence-corrected chi connectivity index (χ3v) is 4.38. The Bertz CT molecular complexity index is 697. The fraction of sp³-hybridized carbons (Fsp3) is 0.316. The Hall–Kier alpha value is -2.20. The molecule has 2 aromatic rings. The van der Waals surface area contributed by atoms with Gasteiger partial charge < -0.3 is 14.6 Å². The van der Waals surface area contributed by atoms with E-state index in [1.54, 1.807) is 18.4 Å². The number of nitrogens with one attached hydrogen (secondary N) is 1. The van der Waals surface area contributed by atoms with Gasteiger partial charge in [-0.15, -0.1) is 0 Å². The highest BCUT2D eigenvalue weighted by molar-refractivity contribution is 6.30. The molecule has 5 heteroatoms. The first-order valence-corrected chi connectivity index (χ1v) is 8.57. The van der Waals surface area contributed by atoms with Crippen LogP contribution in [0.25, 0.3) is 0 Å². The van der Waals surface area contributed by atoms with Gasteiger partial charge in [-0.25, -0.2) is 4.79 Å².